The van der Waals surface area contributed by atoms with Gasteiger partial charge in [-0.15, -0.1) is 0 Å². The number of aliphatic hydroxyl groups is 2. The first-order valence-electron chi connectivity index (χ1n) is 11.9. The standard InChI is InChI=1S/C27H33N3O6/c1-17-13-30(18(2)16-31)26(33)23-11-20(9-8-19(3)32)12-28-25(23)36-24(17)15-29(4)14-21-6-5-7-22(10-21)27(34)35/h5-7,10-12,17-19,24,31-32H,13-16H2,1-4H3,(H,34,35)/t17-,18+,19-,24-/m1/s1. The zero-order chi connectivity index (χ0) is 26.4. The van der Waals surface area contributed by atoms with Gasteiger partial charge in [-0.25, -0.2) is 9.78 Å². The van der Waals surface area contributed by atoms with Crippen LogP contribution in [0.25, 0.3) is 0 Å². The number of hydrogen-bond acceptors (Lipinski definition) is 7. The van der Waals surface area contributed by atoms with Crippen molar-refractivity contribution in [2.24, 2.45) is 5.92 Å². The van der Waals surface area contributed by atoms with Crippen molar-refractivity contribution in [1.29, 1.82) is 0 Å². The van der Waals surface area contributed by atoms with Crippen LogP contribution in [0, 0.1) is 17.8 Å². The zero-order valence-electron chi connectivity index (χ0n) is 21.0. The first-order valence-corrected chi connectivity index (χ1v) is 11.9. The van der Waals surface area contributed by atoms with E-state index >= 15 is 0 Å². The van der Waals surface area contributed by atoms with Crippen molar-refractivity contribution in [3.63, 3.8) is 0 Å². The molecule has 2 heterocycles. The van der Waals surface area contributed by atoms with Gasteiger partial charge in [0, 0.05) is 37.3 Å². The normalized spacial score (nSPS) is 19.3. The Balaban J connectivity index is 1.89. The van der Waals surface area contributed by atoms with Crippen LogP contribution >= 0.6 is 0 Å². The number of amides is 1. The fraction of sp³-hybridized carbons (Fsp3) is 0.444. The molecule has 1 aromatic carbocycles. The molecule has 0 spiro atoms. The number of hydrogen-bond donors (Lipinski definition) is 3. The van der Waals surface area contributed by atoms with Crippen molar-refractivity contribution in [3.8, 4) is 17.7 Å². The van der Waals surface area contributed by atoms with E-state index in [1.54, 1.807) is 43.0 Å². The van der Waals surface area contributed by atoms with Crippen molar-refractivity contribution in [1.82, 2.24) is 14.8 Å². The molecular weight excluding hydrogens is 462 g/mol. The summed E-state index contributed by atoms with van der Waals surface area (Å²) < 4.78 is 6.28. The van der Waals surface area contributed by atoms with Crippen LogP contribution in [0.4, 0.5) is 0 Å². The number of rotatable bonds is 7. The number of carbonyl (C=O) groups excluding carboxylic acids is 1. The molecule has 3 rings (SSSR count). The number of pyridine rings is 1. The molecule has 36 heavy (non-hydrogen) atoms. The van der Waals surface area contributed by atoms with Gasteiger partial charge in [-0.3, -0.25) is 9.69 Å². The van der Waals surface area contributed by atoms with Crippen molar-refractivity contribution in [3.05, 3.63) is 58.8 Å². The van der Waals surface area contributed by atoms with Crippen LogP contribution in [0.3, 0.4) is 0 Å². The van der Waals surface area contributed by atoms with Gasteiger partial charge in [0.2, 0.25) is 5.88 Å². The third-order valence-corrected chi connectivity index (χ3v) is 6.06. The second-order valence-corrected chi connectivity index (χ2v) is 9.35. The largest absolute Gasteiger partial charge is 0.478 e. The fourth-order valence-corrected chi connectivity index (χ4v) is 4.06. The minimum Gasteiger partial charge on any atom is -0.478 e. The molecule has 1 aliphatic heterocycles. The Labute approximate surface area is 211 Å². The molecule has 9 nitrogen and oxygen atoms in total. The van der Waals surface area contributed by atoms with Crippen molar-refractivity contribution < 1.29 is 29.6 Å². The second-order valence-electron chi connectivity index (χ2n) is 9.35. The number of aliphatic hydroxyl groups excluding tert-OH is 2. The number of ether oxygens (including phenoxy) is 1. The van der Waals surface area contributed by atoms with Crippen LogP contribution in [-0.4, -0.2) is 87.0 Å². The van der Waals surface area contributed by atoms with E-state index in [4.69, 9.17) is 4.74 Å². The monoisotopic (exact) mass is 495 g/mol. The Morgan fingerprint density at radius 2 is 2.08 bits per heavy atom. The SMILES string of the molecule is C[C@@H]1CN([C@@H](C)CO)C(=O)c2cc(C#C[C@@H](C)O)cnc2O[C@@H]1CN(C)Cc1cccc(C(=O)O)c1. The summed E-state index contributed by atoms with van der Waals surface area (Å²) in [4.78, 5) is 32.8. The van der Waals surface area contributed by atoms with Crippen LogP contribution in [-0.2, 0) is 6.54 Å². The lowest BCUT2D eigenvalue weighted by atomic mass is 9.99. The molecule has 1 amide bonds. The maximum atomic E-state index is 13.4. The number of carboxylic acid groups (broad SMARTS) is 1. The summed E-state index contributed by atoms with van der Waals surface area (Å²) in [5.74, 6) is 4.29. The molecule has 0 fully saturated rings. The van der Waals surface area contributed by atoms with Gasteiger partial charge >= 0.3 is 5.97 Å². The molecule has 0 saturated carbocycles. The fourth-order valence-electron chi connectivity index (χ4n) is 4.06. The molecule has 2 aromatic rings. The van der Waals surface area contributed by atoms with E-state index in [0.717, 1.165) is 5.56 Å². The first-order chi connectivity index (χ1) is 17.1. The average Bonchev–Trinajstić information content (AvgIpc) is 2.84. The Hall–Kier alpha value is -3.45. The van der Waals surface area contributed by atoms with Gasteiger partial charge < -0.3 is 25.0 Å². The van der Waals surface area contributed by atoms with Gasteiger partial charge in [0.15, 0.2) is 0 Å². The van der Waals surface area contributed by atoms with Crippen LogP contribution in [0.1, 0.15) is 52.6 Å². The summed E-state index contributed by atoms with van der Waals surface area (Å²) in [7, 11) is 1.92. The lowest BCUT2D eigenvalue weighted by Crippen LogP contribution is -2.49. The zero-order valence-corrected chi connectivity index (χ0v) is 21.0. The molecule has 4 atom stereocenters. The van der Waals surface area contributed by atoms with Crippen molar-refractivity contribution in [2.45, 2.75) is 45.6 Å². The Morgan fingerprint density at radius 1 is 1.33 bits per heavy atom. The van der Waals surface area contributed by atoms with Crippen LogP contribution < -0.4 is 4.74 Å². The van der Waals surface area contributed by atoms with Gasteiger partial charge in [0.05, 0.1) is 18.2 Å². The van der Waals surface area contributed by atoms with E-state index in [-0.39, 0.29) is 41.5 Å². The van der Waals surface area contributed by atoms with E-state index in [2.05, 4.69) is 16.8 Å². The van der Waals surface area contributed by atoms with Crippen molar-refractivity contribution >= 4 is 11.9 Å². The first kappa shape index (κ1) is 27.1. The molecule has 0 radical (unpaired) electrons. The highest BCUT2D eigenvalue weighted by molar-refractivity contribution is 5.97. The minimum absolute atomic E-state index is 0.0830. The smallest absolute Gasteiger partial charge is 0.335 e. The maximum absolute atomic E-state index is 13.4. The molecule has 0 saturated heterocycles. The highest BCUT2D eigenvalue weighted by Gasteiger charge is 2.34. The van der Waals surface area contributed by atoms with Crippen molar-refractivity contribution in [2.75, 3.05) is 26.7 Å². The Kier molecular flexibility index (Phi) is 9.04. The van der Waals surface area contributed by atoms with E-state index < -0.39 is 18.1 Å². The lowest BCUT2D eigenvalue weighted by Gasteiger charge is -2.37. The number of benzene rings is 1. The van der Waals surface area contributed by atoms with Gasteiger partial charge in [-0.2, -0.15) is 0 Å². The molecular formula is C27H33N3O6. The third kappa shape index (κ3) is 6.82. The number of aromatic nitrogens is 1. The number of likely N-dealkylation sites (N-methyl/N-ethyl adjacent to an activating group) is 1. The maximum Gasteiger partial charge on any atom is 0.335 e. The van der Waals surface area contributed by atoms with Crippen LogP contribution in [0.15, 0.2) is 36.5 Å². The minimum atomic E-state index is -0.973. The summed E-state index contributed by atoms with van der Waals surface area (Å²) >= 11 is 0. The Morgan fingerprint density at radius 3 is 2.75 bits per heavy atom. The number of nitrogens with zero attached hydrogens (tertiary/aromatic N) is 3. The third-order valence-electron chi connectivity index (χ3n) is 6.06. The summed E-state index contributed by atoms with van der Waals surface area (Å²) in [6.45, 7) is 6.52. The molecule has 3 N–H and O–H groups in total. The Bertz CT molecular complexity index is 1160. The van der Waals surface area contributed by atoms with E-state index in [1.165, 1.54) is 6.20 Å². The molecule has 0 unspecified atom stereocenters. The van der Waals surface area contributed by atoms with Crippen LogP contribution in [0.2, 0.25) is 0 Å². The predicted octanol–water partition coefficient (Wildman–Crippen LogP) is 1.86. The number of carbonyl (C=O) groups is 2. The number of fused-ring (bicyclic) bond motifs is 1. The summed E-state index contributed by atoms with van der Waals surface area (Å²) in [5, 5.41) is 28.5. The summed E-state index contributed by atoms with van der Waals surface area (Å²) in [6, 6.07) is 8.00. The topological polar surface area (TPSA) is 123 Å². The van der Waals surface area contributed by atoms with Gasteiger partial charge in [-0.1, -0.05) is 30.9 Å². The average molecular weight is 496 g/mol. The molecule has 1 aromatic heterocycles. The van der Waals surface area contributed by atoms with E-state index in [9.17, 15) is 24.9 Å². The van der Waals surface area contributed by atoms with Gasteiger partial charge in [0.1, 0.15) is 17.8 Å². The molecule has 9 heteroatoms. The predicted molar refractivity (Wildman–Crippen MR) is 134 cm³/mol. The summed E-state index contributed by atoms with van der Waals surface area (Å²) in [5.41, 5.74) is 1.82. The number of aromatic carboxylic acids is 1. The van der Waals surface area contributed by atoms with E-state index in [1.807, 2.05) is 24.9 Å². The number of carboxylic acids is 1. The molecule has 0 aliphatic carbocycles. The lowest BCUT2D eigenvalue weighted by molar-refractivity contribution is 0.0324. The quantitative estimate of drug-likeness (QED) is 0.498. The molecule has 1 aliphatic rings. The highest BCUT2D eigenvalue weighted by atomic mass is 16.5. The second kappa shape index (κ2) is 12.0. The molecule has 0 bridgehead atoms. The van der Waals surface area contributed by atoms with Gasteiger partial charge in [0.25, 0.3) is 5.91 Å². The molecule has 192 valence electrons. The van der Waals surface area contributed by atoms with Gasteiger partial charge in [-0.05, 0) is 44.7 Å². The van der Waals surface area contributed by atoms with E-state index in [0.29, 0.717) is 25.2 Å². The van der Waals surface area contributed by atoms with Crippen LogP contribution in [0.5, 0.6) is 5.88 Å². The highest BCUT2D eigenvalue weighted by Crippen LogP contribution is 2.27. The summed E-state index contributed by atoms with van der Waals surface area (Å²) in [6.07, 6.45) is 0.354.